The third-order valence-electron chi connectivity index (χ3n) is 5.91. The number of aliphatic hydroxyl groups excluding tert-OH is 1. The van der Waals surface area contributed by atoms with Crippen molar-refractivity contribution in [3.63, 3.8) is 0 Å². The minimum Gasteiger partial charge on any atom is -0.389 e. The first kappa shape index (κ1) is 26.3. The number of fused-ring (bicyclic) bond motifs is 2. The molecule has 1 aromatic heterocycles. The van der Waals surface area contributed by atoms with Crippen molar-refractivity contribution in [2.24, 2.45) is 0 Å². The summed E-state index contributed by atoms with van der Waals surface area (Å²) >= 11 is 3.53. The van der Waals surface area contributed by atoms with Crippen molar-refractivity contribution in [1.82, 2.24) is 19.4 Å². The van der Waals surface area contributed by atoms with Crippen molar-refractivity contribution in [1.29, 1.82) is 0 Å². The van der Waals surface area contributed by atoms with Crippen LogP contribution >= 0.6 is 15.9 Å². The van der Waals surface area contributed by atoms with Gasteiger partial charge in [0.05, 0.1) is 29.4 Å². The Balaban J connectivity index is 1.40. The normalized spacial score (nSPS) is 20.0. The van der Waals surface area contributed by atoms with Crippen molar-refractivity contribution in [2.45, 2.75) is 43.5 Å². The molecule has 8 nitrogen and oxygen atoms in total. The third-order valence-corrected chi connectivity index (χ3v) is 8.46. The molecule has 3 N–H and O–H groups in total. The highest BCUT2D eigenvalue weighted by Crippen LogP contribution is 2.32. The molecule has 3 heterocycles. The molecule has 2 aliphatic heterocycles. The first-order valence-corrected chi connectivity index (χ1v) is 13.8. The minimum atomic E-state index is -3.82. The zero-order valence-corrected chi connectivity index (χ0v) is 22.3. The number of hydrogen-bond acceptors (Lipinski definition) is 6. The van der Waals surface area contributed by atoms with Gasteiger partial charge in [-0.2, -0.15) is 9.40 Å². The van der Waals surface area contributed by atoms with Crippen LogP contribution in [0.1, 0.15) is 18.9 Å². The van der Waals surface area contributed by atoms with E-state index in [1.54, 1.807) is 31.3 Å². The van der Waals surface area contributed by atoms with E-state index >= 15 is 0 Å². The number of sulfonamides is 1. The molecule has 2 unspecified atom stereocenters. The fourth-order valence-electron chi connectivity index (χ4n) is 4.13. The maximum absolute atomic E-state index is 14.1. The first-order chi connectivity index (χ1) is 17.2. The maximum atomic E-state index is 14.1. The number of nitrogens with one attached hydrogen (secondary N) is 2. The number of nitrogens with zero attached hydrogens (tertiary/aromatic N) is 3. The summed E-state index contributed by atoms with van der Waals surface area (Å²) in [5.74, 6) is 0.122. The standard InChI is InChI=1S/C25H29BrFN5O3S/c1-17(7-3-4-8-18(2)33)23-13-20(16-32-25(30-23)21(26)14-29-32)28-11-6-12-31-15-19-9-5-10-22(27)24(19)36(31,34)35/h3-5,7-10,13-14,18,23,28,30,33H,1,6,11-12,15-16H2,2H3/b7-3-,8-4-. The van der Waals surface area contributed by atoms with Gasteiger partial charge < -0.3 is 15.7 Å². The summed E-state index contributed by atoms with van der Waals surface area (Å²) in [5, 5.41) is 20.6. The van der Waals surface area contributed by atoms with E-state index < -0.39 is 21.9 Å². The summed E-state index contributed by atoms with van der Waals surface area (Å²) in [6.07, 6.45) is 10.9. The third kappa shape index (κ3) is 5.80. The molecule has 11 heteroatoms. The Morgan fingerprint density at radius 1 is 1.42 bits per heavy atom. The Labute approximate surface area is 219 Å². The van der Waals surface area contributed by atoms with Crippen LogP contribution in [-0.4, -0.2) is 52.8 Å². The maximum Gasteiger partial charge on any atom is 0.246 e. The van der Waals surface area contributed by atoms with E-state index in [4.69, 9.17) is 0 Å². The van der Waals surface area contributed by atoms with E-state index in [0.717, 1.165) is 21.6 Å². The average molecular weight is 579 g/mol. The second-order valence-electron chi connectivity index (χ2n) is 8.72. The van der Waals surface area contributed by atoms with E-state index in [2.05, 4.69) is 38.2 Å². The molecule has 2 aromatic rings. The number of allylic oxidation sites excluding steroid dienone is 3. The number of aliphatic hydroxyl groups is 1. The van der Waals surface area contributed by atoms with Crippen LogP contribution in [0.4, 0.5) is 10.2 Å². The van der Waals surface area contributed by atoms with E-state index in [-0.39, 0.29) is 24.0 Å². The molecular weight excluding hydrogens is 549 g/mol. The van der Waals surface area contributed by atoms with Crippen LogP contribution in [0.2, 0.25) is 0 Å². The summed E-state index contributed by atoms with van der Waals surface area (Å²) < 4.78 is 43.6. The fraction of sp³-hybridized carbons (Fsp3) is 0.320. The second-order valence-corrected chi connectivity index (χ2v) is 11.4. The molecule has 2 atom stereocenters. The van der Waals surface area contributed by atoms with Gasteiger partial charge in [-0.3, -0.25) is 0 Å². The molecule has 4 rings (SSSR count). The lowest BCUT2D eigenvalue weighted by Gasteiger charge is -2.17. The fourth-order valence-corrected chi connectivity index (χ4v) is 6.25. The van der Waals surface area contributed by atoms with Gasteiger partial charge in [-0.05, 0) is 52.6 Å². The Hall–Kier alpha value is -2.73. The zero-order chi connectivity index (χ0) is 25.9. The van der Waals surface area contributed by atoms with Crippen LogP contribution in [0.15, 0.2) is 82.0 Å². The molecule has 0 fully saturated rings. The predicted molar refractivity (Wildman–Crippen MR) is 141 cm³/mol. The first-order valence-electron chi connectivity index (χ1n) is 11.6. The lowest BCUT2D eigenvalue weighted by Crippen LogP contribution is -2.29. The Morgan fingerprint density at radius 2 is 2.22 bits per heavy atom. The highest BCUT2D eigenvalue weighted by molar-refractivity contribution is 9.10. The van der Waals surface area contributed by atoms with Gasteiger partial charge in [-0.15, -0.1) is 0 Å². The number of aromatic nitrogens is 2. The molecule has 0 radical (unpaired) electrons. The molecule has 0 amide bonds. The highest BCUT2D eigenvalue weighted by atomic mass is 79.9. The Morgan fingerprint density at radius 3 is 2.97 bits per heavy atom. The lowest BCUT2D eigenvalue weighted by atomic mass is 10.1. The van der Waals surface area contributed by atoms with Crippen LogP contribution in [0, 0.1) is 5.82 Å². The van der Waals surface area contributed by atoms with Gasteiger partial charge in [-0.1, -0.05) is 43.0 Å². The average Bonchev–Trinajstić information content (AvgIpc) is 3.21. The highest BCUT2D eigenvalue weighted by Gasteiger charge is 2.36. The van der Waals surface area contributed by atoms with Crippen molar-refractivity contribution in [3.8, 4) is 0 Å². The van der Waals surface area contributed by atoms with E-state index in [1.165, 1.54) is 16.4 Å². The molecule has 0 aliphatic carbocycles. The SMILES string of the molecule is C=C(/C=C\C=C/C(C)O)C1C=C(NCCCN2Cc3cccc(F)c3S2(=O)=O)Cn2ncc(Br)c2N1. The largest absolute Gasteiger partial charge is 0.389 e. The number of anilines is 1. The van der Waals surface area contributed by atoms with E-state index in [0.29, 0.717) is 25.1 Å². The van der Waals surface area contributed by atoms with Gasteiger partial charge in [0.1, 0.15) is 16.5 Å². The summed E-state index contributed by atoms with van der Waals surface area (Å²) in [7, 11) is -3.82. The molecule has 1 aromatic carbocycles. The van der Waals surface area contributed by atoms with E-state index in [9.17, 15) is 17.9 Å². The van der Waals surface area contributed by atoms with Crippen LogP contribution in [0.25, 0.3) is 0 Å². The van der Waals surface area contributed by atoms with Crippen LogP contribution < -0.4 is 10.6 Å². The Bertz CT molecular complexity index is 1330. The van der Waals surface area contributed by atoms with Gasteiger partial charge in [0.25, 0.3) is 0 Å². The van der Waals surface area contributed by atoms with Crippen LogP contribution in [-0.2, 0) is 23.1 Å². The quantitative estimate of drug-likeness (QED) is 0.310. The molecule has 0 saturated heterocycles. The molecule has 0 bridgehead atoms. The summed E-state index contributed by atoms with van der Waals surface area (Å²) in [6.45, 7) is 7.36. The monoisotopic (exact) mass is 577 g/mol. The molecule has 192 valence electrons. The van der Waals surface area contributed by atoms with Crippen molar-refractivity contribution >= 4 is 31.8 Å². The second kappa shape index (κ2) is 11.1. The lowest BCUT2D eigenvalue weighted by molar-refractivity contribution is 0.244. The van der Waals surface area contributed by atoms with E-state index in [1.807, 2.05) is 22.9 Å². The zero-order valence-electron chi connectivity index (χ0n) is 19.9. The van der Waals surface area contributed by atoms with Gasteiger partial charge in [0.2, 0.25) is 10.0 Å². The van der Waals surface area contributed by atoms with Gasteiger partial charge in [0.15, 0.2) is 0 Å². The summed E-state index contributed by atoms with van der Waals surface area (Å²) in [4.78, 5) is -0.204. The number of benzene rings is 1. The minimum absolute atomic E-state index is 0.185. The van der Waals surface area contributed by atoms with Crippen LogP contribution in [0.5, 0.6) is 0 Å². The molecule has 2 aliphatic rings. The molecule has 36 heavy (non-hydrogen) atoms. The van der Waals surface area contributed by atoms with Gasteiger partial charge >= 0.3 is 0 Å². The predicted octanol–water partition coefficient (Wildman–Crippen LogP) is 3.70. The number of hydrogen-bond donors (Lipinski definition) is 3. The summed E-state index contributed by atoms with van der Waals surface area (Å²) in [6, 6.07) is 4.15. The summed E-state index contributed by atoms with van der Waals surface area (Å²) in [5.41, 5.74) is 2.22. The number of halogens is 2. The van der Waals surface area contributed by atoms with Gasteiger partial charge in [-0.25, -0.2) is 17.5 Å². The number of rotatable bonds is 9. The molecule has 0 spiro atoms. The molecule has 0 saturated carbocycles. The smallest absolute Gasteiger partial charge is 0.246 e. The topological polar surface area (TPSA) is 99.5 Å². The van der Waals surface area contributed by atoms with Crippen LogP contribution in [0.3, 0.4) is 0 Å². The molecular formula is C25H29BrFN5O3S. The van der Waals surface area contributed by atoms with Crippen molar-refractivity contribution in [2.75, 3.05) is 18.4 Å². The van der Waals surface area contributed by atoms with Crippen molar-refractivity contribution in [3.05, 3.63) is 88.5 Å². The van der Waals surface area contributed by atoms with Gasteiger partial charge in [0, 0.05) is 25.3 Å². The Kier molecular flexibility index (Phi) is 8.13. The van der Waals surface area contributed by atoms with Crippen molar-refractivity contribution < 1.29 is 17.9 Å².